The number of rotatable bonds is 5. The first kappa shape index (κ1) is 20.6. The van der Waals surface area contributed by atoms with Crippen molar-refractivity contribution in [3.8, 4) is 5.75 Å². The summed E-state index contributed by atoms with van der Waals surface area (Å²) >= 11 is 7.54. The van der Waals surface area contributed by atoms with Gasteiger partial charge in [-0.1, -0.05) is 23.7 Å². The minimum atomic E-state index is -0.542. The number of benzene rings is 1. The average Bonchev–Trinajstić information content (AvgIpc) is 3.09. The highest BCUT2D eigenvalue weighted by molar-refractivity contribution is 7.14. The third-order valence-electron chi connectivity index (χ3n) is 4.79. The maximum atomic E-state index is 12.9. The van der Waals surface area contributed by atoms with Gasteiger partial charge < -0.3 is 14.4 Å². The van der Waals surface area contributed by atoms with Crippen LogP contribution in [0.2, 0.25) is 5.02 Å². The number of hydrogen-bond donors (Lipinski definition) is 0. The van der Waals surface area contributed by atoms with Gasteiger partial charge in [0.25, 0.3) is 5.91 Å². The maximum absolute atomic E-state index is 12.9. The Hall–Kier alpha value is -2.09. The van der Waals surface area contributed by atoms with E-state index in [2.05, 4.69) is 0 Å². The van der Waals surface area contributed by atoms with Gasteiger partial charge in [-0.3, -0.25) is 9.69 Å². The monoisotopic (exact) mass is 422 g/mol. The number of aryl methyl sites for hydroxylation is 1. The molecule has 1 aliphatic rings. The SMILES string of the molecule is COC(=O)[C@H](c1cccc(Cl)c1)N1CCN(C(=O)c2sc(C)cc2OC)CC1. The summed E-state index contributed by atoms with van der Waals surface area (Å²) in [6, 6.07) is 8.56. The Bertz CT molecular complexity index is 862. The zero-order valence-corrected chi connectivity index (χ0v) is 17.7. The van der Waals surface area contributed by atoms with E-state index in [0.717, 1.165) is 10.4 Å². The van der Waals surface area contributed by atoms with Gasteiger partial charge >= 0.3 is 5.97 Å². The van der Waals surface area contributed by atoms with Crippen LogP contribution in [0.5, 0.6) is 5.75 Å². The van der Waals surface area contributed by atoms with E-state index in [4.69, 9.17) is 21.1 Å². The van der Waals surface area contributed by atoms with Crippen molar-refractivity contribution in [2.75, 3.05) is 40.4 Å². The molecule has 8 heteroatoms. The summed E-state index contributed by atoms with van der Waals surface area (Å²) in [7, 11) is 2.95. The number of ether oxygens (including phenoxy) is 2. The van der Waals surface area contributed by atoms with Gasteiger partial charge in [-0.05, 0) is 30.7 Å². The predicted molar refractivity (Wildman–Crippen MR) is 109 cm³/mol. The fraction of sp³-hybridized carbons (Fsp3) is 0.400. The molecule has 2 aromatic rings. The first-order valence-corrected chi connectivity index (χ1v) is 10.1. The molecule has 0 unspecified atom stereocenters. The number of esters is 1. The molecule has 6 nitrogen and oxygen atoms in total. The van der Waals surface area contributed by atoms with Gasteiger partial charge in [-0.2, -0.15) is 0 Å². The summed E-state index contributed by atoms with van der Waals surface area (Å²) < 4.78 is 10.3. The molecule has 28 heavy (non-hydrogen) atoms. The van der Waals surface area contributed by atoms with Gasteiger partial charge in [-0.25, -0.2) is 4.79 Å². The molecule has 1 atom stereocenters. The summed E-state index contributed by atoms with van der Waals surface area (Å²) in [5.41, 5.74) is 0.787. The largest absolute Gasteiger partial charge is 0.495 e. The lowest BCUT2D eigenvalue weighted by Crippen LogP contribution is -2.51. The summed E-state index contributed by atoms with van der Waals surface area (Å²) in [5, 5.41) is 0.570. The summed E-state index contributed by atoms with van der Waals surface area (Å²) in [4.78, 5) is 30.8. The summed E-state index contributed by atoms with van der Waals surface area (Å²) in [6.07, 6.45) is 0. The Balaban J connectivity index is 1.73. The topological polar surface area (TPSA) is 59.1 Å². The fourth-order valence-electron chi connectivity index (χ4n) is 3.40. The number of piperazine rings is 1. The third kappa shape index (κ3) is 4.32. The normalized spacial score (nSPS) is 15.9. The van der Waals surface area contributed by atoms with Crippen LogP contribution in [0.25, 0.3) is 0 Å². The molecular formula is C20H23ClN2O4S. The molecule has 0 radical (unpaired) electrons. The van der Waals surface area contributed by atoms with Crippen molar-refractivity contribution < 1.29 is 19.1 Å². The number of amides is 1. The number of carbonyl (C=O) groups excluding carboxylic acids is 2. The highest BCUT2D eigenvalue weighted by Crippen LogP contribution is 2.31. The molecule has 0 bridgehead atoms. The van der Waals surface area contributed by atoms with E-state index in [0.29, 0.717) is 41.8 Å². The molecule has 0 N–H and O–H groups in total. The van der Waals surface area contributed by atoms with Gasteiger partial charge in [0, 0.05) is 36.1 Å². The van der Waals surface area contributed by atoms with Gasteiger partial charge in [-0.15, -0.1) is 11.3 Å². The van der Waals surface area contributed by atoms with Crippen molar-refractivity contribution in [3.05, 3.63) is 50.7 Å². The molecule has 0 saturated carbocycles. The van der Waals surface area contributed by atoms with E-state index in [-0.39, 0.29) is 11.9 Å². The number of thiophene rings is 1. The quantitative estimate of drug-likeness (QED) is 0.691. The van der Waals surface area contributed by atoms with E-state index in [1.165, 1.54) is 18.4 Å². The van der Waals surface area contributed by atoms with Gasteiger partial charge in [0.1, 0.15) is 16.7 Å². The average molecular weight is 423 g/mol. The Morgan fingerprint density at radius 3 is 2.46 bits per heavy atom. The van der Waals surface area contributed by atoms with E-state index < -0.39 is 6.04 Å². The van der Waals surface area contributed by atoms with Gasteiger partial charge in [0.15, 0.2) is 0 Å². The van der Waals surface area contributed by atoms with Crippen molar-refractivity contribution in [2.24, 2.45) is 0 Å². The van der Waals surface area contributed by atoms with Crippen LogP contribution in [0.1, 0.15) is 26.2 Å². The Morgan fingerprint density at radius 1 is 1.14 bits per heavy atom. The van der Waals surface area contributed by atoms with Crippen molar-refractivity contribution in [1.29, 1.82) is 0 Å². The molecule has 0 aliphatic carbocycles. The molecule has 1 aromatic heterocycles. The van der Waals surface area contributed by atoms with Crippen molar-refractivity contribution in [2.45, 2.75) is 13.0 Å². The summed E-state index contributed by atoms with van der Waals surface area (Å²) in [6.45, 7) is 4.11. The minimum Gasteiger partial charge on any atom is -0.495 e. The number of methoxy groups -OCH3 is 2. The van der Waals surface area contributed by atoms with Crippen LogP contribution in [-0.2, 0) is 9.53 Å². The van der Waals surface area contributed by atoms with Crippen molar-refractivity contribution >= 4 is 34.8 Å². The number of halogens is 1. The van der Waals surface area contributed by atoms with E-state index in [1.807, 2.05) is 30.0 Å². The molecule has 0 spiro atoms. The van der Waals surface area contributed by atoms with Crippen LogP contribution in [0, 0.1) is 6.92 Å². The molecule has 1 saturated heterocycles. The highest BCUT2D eigenvalue weighted by atomic mass is 35.5. The molecule has 1 aromatic carbocycles. The highest BCUT2D eigenvalue weighted by Gasteiger charge is 2.33. The fourth-order valence-corrected chi connectivity index (χ4v) is 4.55. The predicted octanol–water partition coefficient (Wildman–Crippen LogP) is 3.39. The second-order valence-corrected chi connectivity index (χ2v) is 8.26. The van der Waals surface area contributed by atoms with Crippen LogP contribution < -0.4 is 4.74 Å². The number of nitrogens with zero attached hydrogens (tertiary/aromatic N) is 2. The number of hydrogen-bond acceptors (Lipinski definition) is 6. The van der Waals surface area contributed by atoms with Gasteiger partial charge in [0.2, 0.25) is 0 Å². The molecule has 1 amide bonds. The van der Waals surface area contributed by atoms with Crippen molar-refractivity contribution in [3.63, 3.8) is 0 Å². The number of carbonyl (C=O) groups is 2. The molecule has 2 heterocycles. The van der Waals surface area contributed by atoms with Crippen LogP contribution in [-0.4, -0.2) is 62.1 Å². The second-order valence-electron chi connectivity index (χ2n) is 6.56. The lowest BCUT2D eigenvalue weighted by molar-refractivity contribution is -0.148. The van der Waals surface area contributed by atoms with Gasteiger partial charge in [0.05, 0.1) is 14.2 Å². The molecule has 3 rings (SSSR count). The molecular weight excluding hydrogens is 400 g/mol. The van der Waals surface area contributed by atoms with Crippen molar-refractivity contribution in [1.82, 2.24) is 9.80 Å². The molecule has 150 valence electrons. The lowest BCUT2D eigenvalue weighted by atomic mass is 10.0. The van der Waals surface area contributed by atoms with E-state index >= 15 is 0 Å². The van der Waals surface area contributed by atoms with E-state index in [9.17, 15) is 9.59 Å². The standard InChI is InChI=1S/C20H23ClN2O4S/c1-13-11-16(26-2)18(28-13)19(24)23-9-7-22(8-10-23)17(20(25)27-3)14-5-4-6-15(21)12-14/h4-6,11-12,17H,7-10H2,1-3H3/t17-/m0/s1. The van der Waals surface area contributed by atoms with Crippen LogP contribution in [0.4, 0.5) is 0 Å². The third-order valence-corrected chi connectivity index (χ3v) is 6.05. The first-order valence-electron chi connectivity index (χ1n) is 8.95. The molecule has 1 fully saturated rings. The Kier molecular flexibility index (Phi) is 6.59. The van der Waals surface area contributed by atoms with E-state index in [1.54, 1.807) is 24.1 Å². The first-order chi connectivity index (χ1) is 13.4. The zero-order valence-electron chi connectivity index (χ0n) is 16.1. The minimum absolute atomic E-state index is 0.0352. The smallest absolute Gasteiger partial charge is 0.327 e. The lowest BCUT2D eigenvalue weighted by Gasteiger charge is -2.38. The maximum Gasteiger partial charge on any atom is 0.327 e. The Labute approximate surface area is 173 Å². The van der Waals surface area contributed by atoms with Crippen LogP contribution in [0.15, 0.2) is 30.3 Å². The summed E-state index contributed by atoms with van der Waals surface area (Å²) in [5.74, 6) is 0.242. The van der Waals surface area contributed by atoms with Crippen LogP contribution >= 0.6 is 22.9 Å². The van der Waals surface area contributed by atoms with Crippen LogP contribution in [0.3, 0.4) is 0 Å². The molecule has 1 aliphatic heterocycles. The second kappa shape index (κ2) is 8.94. The Morgan fingerprint density at radius 2 is 1.86 bits per heavy atom. The zero-order chi connectivity index (χ0) is 20.3.